The number of halogens is 1. The van der Waals surface area contributed by atoms with Crippen LogP contribution in [0.1, 0.15) is 25.2 Å². The van der Waals surface area contributed by atoms with Crippen LogP contribution >= 0.6 is 23.4 Å². The Bertz CT molecular complexity index is 553. The number of nitrogens with zero attached hydrogens (tertiary/aromatic N) is 2. The molecule has 0 aliphatic heterocycles. The summed E-state index contributed by atoms with van der Waals surface area (Å²) in [4.78, 5) is 5.43. The lowest BCUT2D eigenvalue weighted by Gasteiger charge is -2.11. The summed E-state index contributed by atoms with van der Waals surface area (Å²) in [5.41, 5.74) is 1.16. The van der Waals surface area contributed by atoms with E-state index in [0.717, 1.165) is 33.0 Å². The average molecular weight is 297 g/mol. The number of aromatic amines is 1. The molecule has 0 atom stereocenters. The van der Waals surface area contributed by atoms with Gasteiger partial charge in [-0.25, -0.2) is 4.98 Å². The van der Waals surface area contributed by atoms with Gasteiger partial charge in [0.05, 0.1) is 0 Å². The van der Waals surface area contributed by atoms with Gasteiger partial charge in [0.25, 0.3) is 0 Å². The zero-order valence-electron chi connectivity index (χ0n) is 11.2. The first-order chi connectivity index (χ1) is 9.04. The molecule has 6 heteroatoms. The van der Waals surface area contributed by atoms with Crippen molar-refractivity contribution in [2.24, 2.45) is 0 Å². The maximum atomic E-state index is 6.06. The lowest BCUT2D eigenvalue weighted by atomic mass is 10.2. The van der Waals surface area contributed by atoms with Crippen molar-refractivity contribution < 1.29 is 0 Å². The molecule has 0 fully saturated rings. The van der Waals surface area contributed by atoms with Gasteiger partial charge >= 0.3 is 0 Å². The number of aryl methyl sites for hydroxylation is 1. The van der Waals surface area contributed by atoms with Gasteiger partial charge in [0.15, 0.2) is 0 Å². The van der Waals surface area contributed by atoms with Crippen molar-refractivity contribution in [2.75, 3.05) is 0 Å². The van der Waals surface area contributed by atoms with Crippen LogP contribution in [-0.2, 0) is 6.54 Å². The minimum absolute atomic E-state index is 0.433. The molecule has 0 aliphatic carbocycles. The van der Waals surface area contributed by atoms with E-state index >= 15 is 0 Å². The third-order valence-corrected chi connectivity index (χ3v) is 3.72. The summed E-state index contributed by atoms with van der Waals surface area (Å²) in [5.74, 6) is 0.818. The molecule has 102 valence electrons. The molecule has 2 rings (SSSR count). The first kappa shape index (κ1) is 14.4. The van der Waals surface area contributed by atoms with Crippen LogP contribution in [0.4, 0.5) is 0 Å². The van der Waals surface area contributed by atoms with Crippen molar-refractivity contribution in [3.8, 4) is 0 Å². The molecule has 0 spiro atoms. The summed E-state index contributed by atoms with van der Waals surface area (Å²) < 4.78 is 0. The molecule has 0 unspecified atom stereocenters. The quantitative estimate of drug-likeness (QED) is 0.888. The third kappa shape index (κ3) is 4.23. The van der Waals surface area contributed by atoms with E-state index in [1.165, 1.54) is 0 Å². The van der Waals surface area contributed by atoms with Crippen molar-refractivity contribution in [1.29, 1.82) is 0 Å². The first-order valence-electron chi connectivity index (χ1n) is 6.13. The monoisotopic (exact) mass is 296 g/mol. The minimum Gasteiger partial charge on any atom is -0.310 e. The van der Waals surface area contributed by atoms with Gasteiger partial charge in [0, 0.05) is 22.5 Å². The van der Waals surface area contributed by atoms with E-state index in [9.17, 15) is 0 Å². The van der Waals surface area contributed by atoms with Crippen LogP contribution in [-0.4, -0.2) is 21.2 Å². The van der Waals surface area contributed by atoms with E-state index < -0.39 is 0 Å². The third-order valence-electron chi connectivity index (χ3n) is 2.50. The maximum absolute atomic E-state index is 6.06. The highest BCUT2D eigenvalue weighted by atomic mass is 35.5. The Morgan fingerprint density at radius 1 is 1.42 bits per heavy atom. The smallest absolute Gasteiger partial charge is 0.213 e. The summed E-state index contributed by atoms with van der Waals surface area (Å²) in [7, 11) is 0. The molecule has 1 aromatic carbocycles. The second-order valence-electron chi connectivity index (χ2n) is 4.59. The first-order valence-corrected chi connectivity index (χ1v) is 7.32. The van der Waals surface area contributed by atoms with E-state index in [1.54, 1.807) is 11.8 Å². The molecule has 0 bridgehead atoms. The largest absolute Gasteiger partial charge is 0.310 e. The molecule has 19 heavy (non-hydrogen) atoms. The van der Waals surface area contributed by atoms with Crippen molar-refractivity contribution in [2.45, 2.75) is 43.4 Å². The van der Waals surface area contributed by atoms with Gasteiger partial charge in [-0.15, -0.1) is 5.10 Å². The molecule has 0 saturated heterocycles. The molecule has 4 nitrogen and oxygen atoms in total. The van der Waals surface area contributed by atoms with Gasteiger partial charge in [0.2, 0.25) is 5.16 Å². The van der Waals surface area contributed by atoms with Gasteiger partial charge < -0.3 is 5.32 Å². The van der Waals surface area contributed by atoms with Crippen LogP contribution in [0.15, 0.2) is 28.3 Å². The topological polar surface area (TPSA) is 53.6 Å². The van der Waals surface area contributed by atoms with Gasteiger partial charge in [-0.3, -0.25) is 5.10 Å². The minimum atomic E-state index is 0.433. The Morgan fingerprint density at radius 2 is 2.21 bits per heavy atom. The van der Waals surface area contributed by atoms with Crippen LogP contribution in [0.25, 0.3) is 0 Å². The Balaban J connectivity index is 2.18. The summed E-state index contributed by atoms with van der Waals surface area (Å²) in [5, 5.41) is 11.9. The highest BCUT2D eigenvalue weighted by Gasteiger charge is 2.09. The Kier molecular flexibility index (Phi) is 4.85. The van der Waals surface area contributed by atoms with Crippen molar-refractivity contribution >= 4 is 23.4 Å². The fraction of sp³-hybridized carbons (Fsp3) is 0.385. The number of nitrogens with one attached hydrogen (secondary N) is 2. The van der Waals surface area contributed by atoms with E-state index in [2.05, 4.69) is 34.3 Å². The van der Waals surface area contributed by atoms with Crippen LogP contribution in [0.2, 0.25) is 5.02 Å². The lowest BCUT2D eigenvalue weighted by Crippen LogP contribution is -2.22. The van der Waals surface area contributed by atoms with Crippen LogP contribution in [0.5, 0.6) is 0 Å². The number of benzene rings is 1. The average Bonchev–Trinajstić information content (AvgIpc) is 2.75. The fourth-order valence-electron chi connectivity index (χ4n) is 1.57. The number of aromatic nitrogens is 3. The zero-order chi connectivity index (χ0) is 13.8. The second-order valence-corrected chi connectivity index (χ2v) is 6.04. The Hall–Kier alpha value is -1.04. The number of hydrogen-bond donors (Lipinski definition) is 2. The molecule has 2 N–H and O–H groups in total. The van der Waals surface area contributed by atoms with Gasteiger partial charge in [0.1, 0.15) is 5.82 Å². The predicted molar refractivity (Wildman–Crippen MR) is 78.7 cm³/mol. The number of H-pyrrole nitrogens is 1. The molecular formula is C13H17ClN4S. The lowest BCUT2D eigenvalue weighted by molar-refractivity contribution is 0.585. The second kappa shape index (κ2) is 6.41. The van der Waals surface area contributed by atoms with E-state index in [4.69, 9.17) is 11.6 Å². The predicted octanol–water partition coefficient (Wildman–Crippen LogP) is 3.42. The van der Waals surface area contributed by atoms with E-state index in [1.807, 2.05) is 25.1 Å². The van der Waals surface area contributed by atoms with Gasteiger partial charge in [-0.1, -0.05) is 25.4 Å². The van der Waals surface area contributed by atoms with Crippen LogP contribution in [0.3, 0.4) is 0 Å². The molecule has 0 amide bonds. The highest BCUT2D eigenvalue weighted by Crippen LogP contribution is 2.30. The van der Waals surface area contributed by atoms with E-state index in [-0.39, 0.29) is 0 Å². The molecule has 1 aromatic heterocycles. The molecular weight excluding hydrogens is 280 g/mol. The Labute approximate surface area is 122 Å². The summed E-state index contributed by atoms with van der Waals surface area (Å²) in [6, 6.07) is 6.32. The van der Waals surface area contributed by atoms with Gasteiger partial charge in [-0.05, 0) is 42.4 Å². The van der Waals surface area contributed by atoms with Crippen molar-refractivity contribution in [3.63, 3.8) is 0 Å². The molecule has 0 saturated carbocycles. The maximum Gasteiger partial charge on any atom is 0.213 e. The molecule has 0 radical (unpaired) electrons. The van der Waals surface area contributed by atoms with E-state index in [0.29, 0.717) is 6.04 Å². The summed E-state index contributed by atoms with van der Waals surface area (Å²) >= 11 is 7.61. The van der Waals surface area contributed by atoms with Crippen LogP contribution in [0, 0.1) is 6.92 Å². The number of hydrogen-bond acceptors (Lipinski definition) is 4. The fourth-order valence-corrected chi connectivity index (χ4v) is 2.63. The SMILES string of the molecule is Cc1nc(Sc2ccc(Cl)cc2CNC(C)C)n[nH]1. The summed E-state index contributed by atoms with van der Waals surface area (Å²) in [6.07, 6.45) is 0. The molecule has 0 aliphatic rings. The van der Waals surface area contributed by atoms with Crippen molar-refractivity contribution in [1.82, 2.24) is 20.5 Å². The molecule has 2 aromatic rings. The van der Waals surface area contributed by atoms with Gasteiger partial charge in [-0.2, -0.15) is 0 Å². The van der Waals surface area contributed by atoms with Crippen LogP contribution < -0.4 is 5.32 Å². The number of rotatable bonds is 5. The normalized spacial score (nSPS) is 11.2. The summed E-state index contributed by atoms with van der Waals surface area (Å²) in [6.45, 7) is 6.91. The zero-order valence-corrected chi connectivity index (χ0v) is 12.8. The highest BCUT2D eigenvalue weighted by molar-refractivity contribution is 7.99. The standard InChI is InChI=1S/C13H17ClN4S/c1-8(2)15-7-10-6-11(14)4-5-12(10)19-13-16-9(3)17-18-13/h4-6,8,15H,7H2,1-3H3,(H,16,17,18). The Morgan fingerprint density at radius 3 is 2.84 bits per heavy atom. The van der Waals surface area contributed by atoms with Crippen molar-refractivity contribution in [3.05, 3.63) is 34.6 Å². The molecule has 1 heterocycles.